The van der Waals surface area contributed by atoms with Gasteiger partial charge >= 0.3 is 0 Å². The lowest BCUT2D eigenvalue weighted by atomic mass is 9.80. The number of rotatable bonds is 1. The van der Waals surface area contributed by atoms with Gasteiger partial charge in [0.15, 0.2) is 6.10 Å². The lowest BCUT2D eigenvalue weighted by Gasteiger charge is -2.37. The van der Waals surface area contributed by atoms with E-state index in [0.717, 1.165) is 39.3 Å². The van der Waals surface area contributed by atoms with E-state index >= 15 is 0 Å². The third-order valence-electron chi connectivity index (χ3n) is 5.60. The van der Waals surface area contributed by atoms with E-state index in [0.29, 0.717) is 0 Å². The number of halogens is 2. The van der Waals surface area contributed by atoms with Crippen molar-refractivity contribution in [2.75, 3.05) is 5.32 Å². The van der Waals surface area contributed by atoms with E-state index in [9.17, 15) is 4.39 Å². The second-order valence-corrected chi connectivity index (χ2v) is 8.70. The Hall–Kier alpha value is -2.78. The van der Waals surface area contributed by atoms with Crippen molar-refractivity contribution in [3.63, 3.8) is 0 Å². The van der Waals surface area contributed by atoms with Crippen LogP contribution in [0.2, 0.25) is 5.02 Å². The second-order valence-electron chi connectivity index (χ2n) is 8.29. The largest absolute Gasteiger partial charge is 0.480 e. The van der Waals surface area contributed by atoms with Crippen LogP contribution in [0.3, 0.4) is 0 Å². The number of anilines is 1. The zero-order chi connectivity index (χ0) is 20.3. The number of hydrogen-bond acceptors (Lipinski definition) is 2. The van der Waals surface area contributed by atoms with E-state index in [-0.39, 0.29) is 10.6 Å². The Morgan fingerprint density at radius 3 is 2.62 bits per heavy atom. The average Bonchev–Trinajstić information content (AvgIpc) is 2.68. The average molecular weight is 406 g/mol. The summed E-state index contributed by atoms with van der Waals surface area (Å²) < 4.78 is 20.8. The third-order valence-corrected chi connectivity index (χ3v) is 5.91. The van der Waals surface area contributed by atoms with Crippen LogP contribution in [0.25, 0.3) is 16.7 Å². The van der Waals surface area contributed by atoms with Crippen LogP contribution in [-0.4, -0.2) is 5.54 Å². The highest BCUT2D eigenvalue weighted by atomic mass is 35.5. The minimum Gasteiger partial charge on any atom is -0.480 e. The predicted octanol–water partition coefficient (Wildman–Crippen LogP) is 7.24. The molecule has 0 unspecified atom stereocenters. The maximum atomic E-state index is 14.3. The highest BCUT2D eigenvalue weighted by Gasteiger charge is 2.34. The summed E-state index contributed by atoms with van der Waals surface area (Å²) in [5.74, 6) is 0.357. The summed E-state index contributed by atoms with van der Waals surface area (Å²) in [7, 11) is 0. The van der Waals surface area contributed by atoms with Crippen molar-refractivity contribution in [1.82, 2.24) is 0 Å². The fraction of sp³-hybridized carbons (Fsp3) is 0.200. The van der Waals surface area contributed by atoms with Crippen LogP contribution in [-0.2, 0) is 0 Å². The van der Waals surface area contributed by atoms with Gasteiger partial charge in [0, 0.05) is 22.4 Å². The first-order chi connectivity index (χ1) is 13.8. The number of benzene rings is 3. The zero-order valence-electron chi connectivity index (χ0n) is 16.5. The first-order valence-corrected chi connectivity index (χ1v) is 10.1. The van der Waals surface area contributed by atoms with E-state index in [1.807, 2.05) is 24.3 Å². The molecule has 1 atom stereocenters. The molecule has 4 heteroatoms. The Kier molecular flexibility index (Phi) is 4.01. The predicted molar refractivity (Wildman–Crippen MR) is 117 cm³/mol. The summed E-state index contributed by atoms with van der Waals surface area (Å²) in [4.78, 5) is 0. The number of allylic oxidation sites excluding steroid dienone is 1. The highest BCUT2D eigenvalue weighted by molar-refractivity contribution is 6.30. The first-order valence-electron chi connectivity index (χ1n) is 9.70. The van der Waals surface area contributed by atoms with Crippen LogP contribution in [0, 0.1) is 5.82 Å². The number of nitrogens with one attached hydrogen (secondary N) is 1. The van der Waals surface area contributed by atoms with E-state index in [2.05, 4.69) is 50.4 Å². The summed E-state index contributed by atoms with van der Waals surface area (Å²) in [6, 6.07) is 17.2. The molecule has 5 rings (SSSR count). The molecule has 0 bridgehead atoms. The maximum Gasteiger partial charge on any atom is 0.150 e. The molecular formula is C25H21ClFNO. The molecule has 0 fully saturated rings. The zero-order valence-corrected chi connectivity index (χ0v) is 17.3. The fourth-order valence-electron chi connectivity index (χ4n) is 4.54. The molecular weight excluding hydrogens is 385 g/mol. The van der Waals surface area contributed by atoms with Gasteiger partial charge in [-0.1, -0.05) is 48.0 Å². The molecule has 2 heterocycles. The van der Waals surface area contributed by atoms with Gasteiger partial charge in [0.2, 0.25) is 0 Å². The maximum absolute atomic E-state index is 14.3. The molecule has 0 aliphatic carbocycles. The molecule has 2 aliphatic rings. The molecule has 0 spiro atoms. The van der Waals surface area contributed by atoms with Crippen LogP contribution < -0.4 is 10.1 Å². The molecule has 0 amide bonds. The van der Waals surface area contributed by atoms with Gasteiger partial charge < -0.3 is 10.1 Å². The summed E-state index contributed by atoms with van der Waals surface area (Å²) in [6.07, 6.45) is 1.81. The monoisotopic (exact) mass is 405 g/mol. The van der Waals surface area contributed by atoms with Crippen molar-refractivity contribution in [3.8, 4) is 16.9 Å². The van der Waals surface area contributed by atoms with Gasteiger partial charge in [0.25, 0.3) is 0 Å². The lowest BCUT2D eigenvalue weighted by Crippen LogP contribution is -2.32. The summed E-state index contributed by atoms with van der Waals surface area (Å²) in [6.45, 7) is 6.43. The summed E-state index contributed by atoms with van der Waals surface area (Å²) in [5, 5.41) is 3.72. The smallest absolute Gasteiger partial charge is 0.150 e. The number of para-hydroxylation sites is 1. The Bertz CT molecular complexity index is 1180. The highest BCUT2D eigenvalue weighted by Crippen LogP contribution is 2.50. The van der Waals surface area contributed by atoms with Crippen LogP contribution in [0.4, 0.5) is 10.1 Å². The van der Waals surface area contributed by atoms with Crippen molar-refractivity contribution in [3.05, 3.63) is 88.2 Å². The van der Waals surface area contributed by atoms with Crippen LogP contribution in [0.1, 0.15) is 43.6 Å². The fourth-order valence-corrected chi connectivity index (χ4v) is 4.66. The number of fused-ring (bicyclic) bond motifs is 5. The van der Waals surface area contributed by atoms with E-state index in [1.165, 1.54) is 11.6 Å². The molecule has 3 aromatic carbocycles. The molecule has 0 saturated heterocycles. The molecule has 0 radical (unpaired) electrons. The summed E-state index contributed by atoms with van der Waals surface area (Å²) in [5.41, 5.74) is 7.19. The number of hydrogen-bond donors (Lipinski definition) is 1. The molecule has 2 nitrogen and oxygen atoms in total. The quantitative estimate of drug-likeness (QED) is 0.460. The minimum atomic E-state index is -0.440. The molecule has 3 aromatic rings. The van der Waals surface area contributed by atoms with Crippen molar-refractivity contribution >= 4 is 22.9 Å². The van der Waals surface area contributed by atoms with Crippen molar-refractivity contribution < 1.29 is 9.13 Å². The van der Waals surface area contributed by atoms with Gasteiger partial charge in [-0.15, -0.1) is 0 Å². The van der Waals surface area contributed by atoms with Gasteiger partial charge in [-0.25, -0.2) is 4.39 Å². The normalized spacial score (nSPS) is 18.5. The SMILES string of the molecule is CC1=CC(C)(C)Nc2ccc3c(c21)[C@@H](c1ccc(Cl)c(F)c1)Oc1ccccc1-3. The van der Waals surface area contributed by atoms with Crippen molar-refractivity contribution in [2.45, 2.75) is 32.4 Å². The van der Waals surface area contributed by atoms with Crippen molar-refractivity contribution in [2.24, 2.45) is 0 Å². The van der Waals surface area contributed by atoms with E-state index in [1.54, 1.807) is 6.07 Å². The van der Waals surface area contributed by atoms with Gasteiger partial charge in [-0.3, -0.25) is 0 Å². The van der Waals surface area contributed by atoms with E-state index < -0.39 is 11.9 Å². The molecule has 1 N–H and O–H groups in total. The van der Waals surface area contributed by atoms with Gasteiger partial charge in [0.1, 0.15) is 11.6 Å². The topological polar surface area (TPSA) is 21.3 Å². The second kappa shape index (κ2) is 6.36. The Balaban J connectivity index is 1.80. The molecule has 0 aromatic heterocycles. The van der Waals surface area contributed by atoms with Crippen LogP contribution >= 0.6 is 11.6 Å². The first kappa shape index (κ1) is 18.3. The van der Waals surface area contributed by atoms with Crippen LogP contribution in [0.15, 0.2) is 60.7 Å². The molecule has 0 saturated carbocycles. The molecule has 146 valence electrons. The van der Waals surface area contributed by atoms with Gasteiger partial charge in [-0.2, -0.15) is 0 Å². The molecule has 29 heavy (non-hydrogen) atoms. The van der Waals surface area contributed by atoms with Crippen molar-refractivity contribution in [1.29, 1.82) is 0 Å². The van der Waals surface area contributed by atoms with Gasteiger partial charge in [-0.05, 0) is 61.7 Å². The lowest BCUT2D eigenvalue weighted by molar-refractivity contribution is 0.243. The molecule has 2 aliphatic heterocycles. The number of ether oxygens (including phenoxy) is 1. The van der Waals surface area contributed by atoms with E-state index in [4.69, 9.17) is 16.3 Å². The van der Waals surface area contributed by atoms with Crippen LogP contribution in [0.5, 0.6) is 5.75 Å². The third kappa shape index (κ3) is 2.92. The minimum absolute atomic E-state index is 0.111. The standard InChI is InChI=1S/C25H21ClFNO/c1-14-13-25(2,3)28-20-11-9-17-16-6-4-5-7-21(16)29-24(23(17)22(14)20)15-8-10-18(26)19(27)12-15/h4-13,24,28H,1-3H3/t24-/m1/s1. The van der Waals surface area contributed by atoms with Gasteiger partial charge in [0.05, 0.1) is 10.6 Å². The Morgan fingerprint density at radius 1 is 1.03 bits per heavy atom. The Labute approximate surface area is 175 Å². The summed E-state index contributed by atoms with van der Waals surface area (Å²) >= 11 is 5.94. The Morgan fingerprint density at radius 2 is 1.83 bits per heavy atom.